The second kappa shape index (κ2) is 8.79. The van der Waals surface area contributed by atoms with Crippen molar-refractivity contribution in [1.29, 1.82) is 0 Å². The molecule has 1 heterocycles. The number of allylic oxidation sites excluding steroid dienone is 3. The molecule has 0 amide bonds. The van der Waals surface area contributed by atoms with Crippen molar-refractivity contribution in [2.75, 3.05) is 0 Å². The first kappa shape index (κ1) is 20.6. The molecule has 0 N–H and O–H groups in total. The summed E-state index contributed by atoms with van der Waals surface area (Å²) in [6.45, 7) is 9.79. The molecule has 1 aromatic rings. The maximum absolute atomic E-state index is 11.7. The molecule has 3 nitrogen and oxygen atoms in total. The van der Waals surface area contributed by atoms with E-state index < -0.39 is 11.2 Å². The molecule has 0 aliphatic carbocycles. The number of rotatable bonds is 8. The standard InChI is InChI=1S/C23H32O3/c1-18(14-15-21-12-7-6-8-13-21)10-9-11-19(2)16-22(4)17-23(5,20(3)24)26-25-22/h6-9,11-15,18-19H,10,16-17H2,1-5H3/b11-9+,15-14+/t18-,19+,22?,23?/m1/s1. The first-order chi connectivity index (χ1) is 12.2. The SMILES string of the molecule is CC(=O)C1(C)CC(C)(C[C@@H](C)/C=C/C[C@@H](C)/C=C/c2ccccc2)OO1. The average Bonchev–Trinajstić information content (AvgIpc) is 2.90. The molecule has 1 saturated heterocycles. The van der Waals surface area contributed by atoms with Crippen molar-refractivity contribution in [3.63, 3.8) is 0 Å². The Morgan fingerprint density at radius 1 is 1.12 bits per heavy atom. The number of carbonyl (C=O) groups excluding carboxylic acids is 1. The molecule has 0 saturated carbocycles. The van der Waals surface area contributed by atoms with Crippen molar-refractivity contribution in [3.8, 4) is 0 Å². The van der Waals surface area contributed by atoms with Crippen molar-refractivity contribution < 1.29 is 14.6 Å². The van der Waals surface area contributed by atoms with Crippen molar-refractivity contribution in [3.05, 3.63) is 54.1 Å². The van der Waals surface area contributed by atoms with Crippen LogP contribution in [0.4, 0.5) is 0 Å². The lowest BCUT2D eigenvalue weighted by Crippen LogP contribution is -2.35. The maximum atomic E-state index is 11.7. The number of carbonyl (C=O) groups is 1. The van der Waals surface area contributed by atoms with E-state index in [0.717, 1.165) is 12.8 Å². The third-order valence-corrected chi connectivity index (χ3v) is 5.03. The van der Waals surface area contributed by atoms with Gasteiger partial charge in [-0.15, -0.1) is 0 Å². The number of ketones is 1. The summed E-state index contributed by atoms with van der Waals surface area (Å²) in [4.78, 5) is 22.6. The van der Waals surface area contributed by atoms with Gasteiger partial charge in [0.25, 0.3) is 0 Å². The van der Waals surface area contributed by atoms with Gasteiger partial charge in [0.1, 0.15) is 5.60 Å². The van der Waals surface area contributed by atoms with Gasteiger partial charge >= 0.3 is 0 Å². The zero-order chi connectivity index (χ0) is 19.2. The number of hydrogen-bond acceptors (Lipinski definition) is 3. The molecule has 0 aromatic heterocycles. The van der Waals surface area contributed by atoms with E-state index in [9.17, 15) is 4.79 Å². The molecule has 1 aliphatic heterocycles. The third kappa shape index (κ3) is 5.93. The summed E-state index contributed by atoms with van der Waals surface area (Å²) in [5, 5.41) is 0. The van der Waals surface area contributed by atoms with Crippen LogP contribution in [0, 0.1) is 11.8 Å². The normalized spacial score (nSPS) is 28.7. The minimum Gasteiger partial charge on any atom is -0.297 e. The molecular weight excluding hydrogens is 324 g/mol. The van der Waals surface area contributed by atoms with Gasteiger partial charge in [-0.25, -0.2) is 9.78 Å². The van der Waals surface area contributed by atoms with Gasteiger partial charge in [0.2, 0.25) is 0 Å². The monoisotopic (exact) mass is 356 g/mol. The van der Waals surface area contributed by atoms with Crippen LogP contribution in [0.25, 0.3) is 6.08 Å². The van der Waals surface area contributed by atoms with Gasteiger partial charge < -0.3 is 0 Å². The van der Waals surface area contributed by atoms with Crippen molar-refractivity contribution in [1.82, 2.24) is 0 Å². The quantitative estimate of drug-likeness (QED) is 0.438. The highest BCUT2D eigenvalue weighted by molar-refractivity contribution is 5.84. The molecule has 1 aromatic carbocycles. The Balaban J connectivity index is 1.79. The highest BCUT2D eigenvalue weighted by Crippen LogP contribution is 2.40. The molecule has 26 heavy (non-hydrogen) atoms. The van der Waals surface area contributed by atoms with Crippen LogP contribution in [0.2, 0.25) is 0 Å². The zero-order valence-corrected chi connectivity index (χ0v) is 16.7. The Bertz CT molecular complexity index is 649. The summed E-state index contributed by atoms with van der Waals surface area (Å²) in [7, 11) is 0. The Hall–Kier alpha value is -1.71. The van der Waals surface area contributed by atoms with E-state index in [2.05, 4.69) is 62.4 Å². The minimum absolute atomic E-state index is 0.0171. The molecule has 3 heteroatoms. The smallest absolute Gasteiger partial charge is 0.164 e. The Labute approximate surface area is 158 Å². The van der Waals surface area contributed by atoms with Crippen LogP contribution in [-0.2, 0) is 14.6 Å². The van der Waals surface area contributed by atoms with Gasteiger partial charge in [-0.05, 0) is 51.0 Å². The van der Waals surface area contributed by atoms with E-state index in [4.69, 9.17) is 9.78 Å². The van der Waals surface area contributed by atoms with E-state index >= 15 is 0 Å². The van der Waals surface area contributed by atoms with Gasteiger partial charge in [0.15, 0.2) is 11.4 Å². The Morgan fingerprint density at radius 3 is 2.42 bits per heavy atom. The van der Waals surface area contributed by atoms with Gasteiger partial charge in [0, 0.05) is 6.42 Å². The summed E-state index contributed by atoms with van der Waals surface area (Å²) in [5.41, 5.74) is 0.00862. The molecule has 4 atom stereocenters. The third-order valence-electron chi connectivity index (χ3n) is 5.03. The lowest BCUT2D eigenvalue weighted by atomic mass is 9.82. The minimum atomic E-state index is -0.811. The number of Topliss-reactive ketones (excluding diaryl/α,β-unsaturated/α-hetero) is 1. The van der Waals surface area contributed by atoms with Crippen molar-refractivity contribution in [2.45, 2.75) is 65.1 Å². The molecule has 1 aliphatic rings. The van der Waals surface area contributed by atoms with E-state index in [1.54, 1.807) is 6.92 Å². The van der Waals surface area contributed by atoms with E-state index in [1.165, 1.54) is 5.56 Å². The van der Waals surface area contributed by atoms with Crippen LogP contribution in [0.1, 0.15) is 59.4 Å². The Kier molecular flexibility index (Phi) is 6.96. The van der Waals surface area contributed by atoms with Crippen LogP contribution in [0.5, 0.6) is 0 Å². The molecule has 2 unspecified atom stereocenters. The van der Waals surface area contributed by atoms with Crippen molar-refractivity contribution >= 4 is 11.9 Å². The molecule has 0 bridgehead atoms. The number of hydrogen-bond donors (Lipinski definition) is 0. The zero-order valence-electron chi connectivity index (χ0n) is 16.7. The summed E-state index contributed by atoms with van der Waals surface area (Å²) in [6.07, 6.45) is 11.4. The topological polar surface area (TPSA) is 35.5 Å². The fourth-order valence-corrected chi connectivity index (χ4v) is 3.45. The molecule has 0 spiro atoms. The van der Waals surface area contributed by atoms with Crippen molar-refractivity contribution in [2.24, 2.45) is 11.8 Å². The summed E-state index contributed by atoms with van der Waals surface area (Å²) >= 11 is 0. The van der Waals surface area contributed by atoms with E-state index in [-0.39, 0.29) is 5.78 Å². The predicted octanol–water partition coefficient (Wildman–Crippen LogP) is 5.77. The molecular formula is C23H32O3. The molecule has 2 rings (SSSR count). The first-order valence-electron chi connectivity index (χ1n) is 9.50. The second-order valence-corrected chi connectivity index (χ2v) is 8.17. The first-order valence-corrected chi connectivity index (χ1v) is 9.50. The summed E-state index contributed by atoms with van der Waals surface area (Å²) in [5.74, 6) is 0.868. The largest absolute Gasteiger partial charge is 0.297 e. The van der Waals surface area contributed by atoms with Crippen LogP contribution in [0.3, 0.4) is 0 Å². The predicted molar refractivity (Wildman–Crippen MR) is 106 cm³/mol. The fraction of sp³-hybridized carbons (Fsp3) is 0.522. The van der Waals surface area contributed by atoms with E-state index in [1.807, 2.05) is 19.9 Å². The maximum Gasteiger partial charge on any atom is 0.164 e. The highest BCUT2D eigenvalue weighted by atomic mass is 17.2. The molecule has 0 radical (unpaired) electrons. The van der Waals surface area contributed by atoms with Gasteiger partial charge in [-0.3, -0.25) is 4.79 Å². The summed E-state index contributed by atoms with van der Waals surface area (Å²) in [6, 6.07) is 10.4. The molecule has 142 valence electrons. The van der Waals surface area contributed by atoms with Crippen LogP contribution < -0.4 is 0 Å². The fourth-order valence-electron chi connectivity index (χ4n) is 3.45. The molecule has 1 fully saturated rings. The second-order valence-electron chi connectivity index (χ2n) is 8.17. The van der Waals surface area contributed by atoms with Gasteiger partial charge in [-0.1, -0.05) is 68.5 Å². The van der Waals surface area contributed by atoms with Crippen LogP contribution in [0.15, 0.2) is 48.6 Å². The Morgan fingerprint density at radius 2 is 1.81 bits per heavy atom. The highest BCUT2D eigenvalue weighted by Gasteiger charge is 2.49. The lowest BCUT2D eigenvalue weighted by Gasteiger charge is -2.23. The van der Waals surface area contributed by atoms with Gasteiger partial charge in [-0.2, -0.15) is 0 Å². The average molecular weight is 357 g/mol. The van der Waals surface area contributed by atoms with E-state index in [0.29, 0.717) is 18.3 Å². The summed E-state index contributed by atoms with van der Waals surface area (Å²) < 4.78 is 0. The van der Waals surface area contributed by atoms with Crippen LogP contribution >= 0.6 is 0 Å². The van der Waals surface area contributed by atoms with Crippen LogP contribution in [-0.4, -0.2) is 17.0 Å². The lowest BCUT2D eigenvalue weighted by molar-refractivity contribution is -0.338. The number of benzene rings is 1. The van der Waals surface area contributed by atoms with Gasteiger partial charge in [0.05, 0.1) is 0 Å².